The highest BCUT2D eigenvalue weighted by molar-refractivity contribution is 7.07. The Balaban J connectivity index is 1.88. The maximum atomic E-state index is 13.5. The molecule has 3 aromatic rings. The summed E-state index contributed by atoms with van der Waals surface area (Å²) < 4.78 is 38.4. The number of carbonyl (C=O) groups is 1. The van der Waals surface area contributed by atoms with E-state index in [1.165, 1.54) is 28.0 Å². The lowest BCUT2D eigenvalue weighted by molar-refractivity contribution is -0.139. The Bertz CT molecular complexity index is 1420. The molecule has 8 nitrogen and oxygen atoms in total. The molecule has 0 saturated carbocycles. The van der Waals surface area contributed by atoms with E-state index in [4.69, 9.17) is 4.74 Å². The number of nitrogens with zero attached hydrogens (tertiary/aromatic N) is 4. The molecule has 178 valence electrons. The van der Waals surface area contributed by atoms with Gasteiger partial charge in [0.05, 0.1) is 34.1 Å². The van der Waals surface area contributed by atoms with E-state index in [9.17, 15) is 18.4 Å². The first-order chi connectivity index (χ1) is 16.3. The number of aryl methyl sites for hydroxylation is 1. The van der Waals surface area contributed by atoms with Crippen LogP contribution in [0.3, 0.4) is 0 Å². The van der Waals surface area contributed by atoms with Gasteiger partial charge in [-0.25, -0.2) is 9.79 Å². The van der Waals surface area contributed by atoms with Crippen molar-refractivity contribution < 1.29 is 23.0 Å². The highest BCUT2D eigenvalue weighted by Crippen LogP contribution is 2.31. The number of rotatable bonds is 7. The number of ether oxygens (including phenoxy) is 2. The average molecular weight is 489 g/mol. The number of aromatic nitrogens is 3. The first kappa shape index (κ1) is 23.6. The molecule has 3 heterocycles. The first-order valence-electron chi connectivity index (χ1n) is 10.6. The minimum Gasteiger partial charge on any atom is -0.463 e. The van der Waals surface area contributed by atoms with Crippen molar-refractivity contribution in [2.24, 2.45) is 4.99 Å². The minimum atomic E-state index is -2.96. The summed E-state index contributed by atoms with van der Waals surface area (Å²) in [6.45, 7) is 3.20. The summed E-state index contributed by atoms with van der Waals surface area (Å²) in [5.74, 6) is -0.631. The Kier molecular flexibility index (Phi) is 6.73. The van der Waals surface area contributed by atoms with Crippen LogP contribution in [-0.2, 0) is 16.1 Å². The molecule has 0 unspecified atom stereocenters. The lowest BCUT2D eigenvalue weighted by Gasteiger charge is -2.24. The van der Waals surface area contributed by atoms with Crippen LogP contribution in [0.5, 0.6) is 5.75 Å². The number of alkyl halides is 2. The van der Waals surface area contributed by atoms with E-state index >= 15 is 0 Å². The molecule has 0 amide bonds. The predicted molar refractivity (Wildman–Crippen MR) is 121 cm³/mol. The normalized spacial score (nSPS) is 15.9. The molecule has 0 spiro atoms. The number of fused-ring (bicyclic) bond motifs is 1. The molecule has 0 fully saturated rings. The van der Waals surface area contributed by atoms with Gasteiger partial charge in [-0.15, -0.1) is 0 Å². The summed E-state index contributed by atoms with van der Waals surface area (Å²) >= 11 is 1.18. The molecule has 1 aromatic carbocycles. The molecule has 2 aromatic heterocycles. The van der Waals surface area contributed by atoms with Crippen molar-refractivity contribution >= 4 is 23.4 Å². The van der Waals surface area contributed by atoms with Crippen molar-refractivity contribution in [1.82, 2.24) is 14.3 Å². The summed E-state index contributed by atoms with van der Waals surface area (Å²) in [6, 6.07) is 6.78. The highest BCUT2D eigenvalue weighted by atomic mass is 32.1. The standard InChI is InChI=1S/C23H22F2N4O4S/c1-4-28-11-10-15(27-28)12-17-20(30)29-19(14-6-8-16(9-7-14)33-22(24)25)18(21(31)32-5-2)13(3)26-23(29)34-17/h6-12,19,22H,4-5H2,1-3H3/b17-12+/t19-/m0/s1. The van der Waals surface area contributed by atoms with E-state index in [1.54, 1.807) is 42.8 Å². The monoisotopic (exact) mass is 488 g/mol. The zero-order valence-electron chi connectivity index (χ0n) is 18.7. The van der Waals surface area contributed by atoms with Gasteiger partial charge in [0.1, 0.15) is 5.75 Å². The summed E-state index contributed by atoms with van der Waals surface area (Å²) in [5, 5.41) is 4.39. The number of carbonyl (C=O) groups excluding carboxylic acids is 1. The quantitative estimate of drug-likeness (QED) is 0.477. The van der Waals surface area contributed by atoms with Crippen molar-refractivity contribution in [3.8, 4) is 5.75 Å². The Morgan fingerprint density at radius 2 is 1.97 bits per heavy atom. The Labute approximate surface area is 197 Å². The third-order valence-electron chi connectivity index (χ3n) is 5.20. The van der Waals surface area contributed by atoms with E-state index in [0.29, 0.717) is 32.8 Å². The van der Waals surface area contributed by atoms with Crippen LogP contribution in [0.2, 0.25) is 0 Å². The van der Waals surface area contributed by atoms with Crippen LogP contribution < -0.4 is 19.6 Å². The van der Waals surface area contributed by atoms with Gasteiger partial charge in [-0.05, 0) is 50.6 Å². The van der Waals surface area contributed by atoms with Gasteiger partial charge in [0.25, 0.3) is 5.56 Å². The average Bonchev–Trinajstić information content (AvgIpc) is 3.37. The van der Waals surface area contributed by atoms with Gasteiger partial charge in [-0.1, -0.05) is 23.5 Å². The fourth-order valence-electron chi connectivity index (χ4n) is 3.70. The smallest absolute Gasteiger partial charge is 0.387 e. The zero-order chi connectivity index (χ0) is 24.4. The van der Waals surface area contributed by atoms with Crippen molar-refractivity contribution in [2.75, 3.05) is 6.61 Å². The SMILES string of the molecule is CCOC(=O)C1=C(C)N=c2s/c(=C/c3ccn(CC)n3)c(=O)n2[C@H]1c1ccc(OC(F)F)cc1. The molecule has 34 heavy (non-hydrogen) atoms. The van der Waals surface area contributed by atoms with Gasteiger partial charge in [0.15, 0.2) is 4.80 Å². The lowest BCUT2D eigenvalue weighted by atomic mass is 9.96. The van der Waals surface area contributed by atoms with E-state index in [2.05, 4.69) is 14.8 Å². The molecule has 1 aliphatic rings. The maximum absolute atomic E-state index is 13.5. The number of allylic oxidation sites excluding steroid dienone is 1. The van der Waals surface area contributed by atoms with Crippen LogP contribution in [0.1, 0.15) is 38.1 Å². The molecule has 0 saturated heterocycles. The van der Waals surface area contributed by atoms with E-state index in [0.717, 1.165) is 0 Å². The number of halogens is 2. The Morgan fingerprint density at radius 1 is 1.24 bits per heavy atom. The number of esters is 1. The first-order valence-corrected chi connectivity index (χ1v) is 11.4. The fraction of sp³-hybridized carbons (Fsp3) is 0.304. The fourth-order valence-corrected chi connectivity index (χ4v) is 4.73. The zero-order valence-corrected chi connectivity index (χ0v) is 19.5. The van der Waals surface area contributed by atoms with Crippen LogP contribution >= 0.6 is 11.3 Å². The van der Waals surface area contributed by atoms with Gasteiger partial charge >= 0.3 is 12.6 Å². The summed E-state index contributed by atoms with van der Waals surface area (Å²) in [4.78, 5) is 31.2. The van der Waals surface area contributed by atoms with Crippen LogP contribution in [0, 0.1) is 0 Å². The number of hydrogen-bond acceptors (Lipinski definition) is 7. The maximum Gasteiger partial charge on any atom is 0.387 e. The van der Waals surface area contributed by atoms with Gasteiger partial charge in [0, 0.05) is 12.7 Å². The van der Waals surface area contributed by atoms with E-state index in [1.807, 2.05) is 13.1 Å². The molecule has 0 bridgehead atoms. The largest absolute Gasteiger partial charge is 0.463 e. The van der Waals surface area contributed by atoms with Crippen molar-refractivity contribution in [2.45, 2.75) is 40.0 Å². The number of thiazole rings is 1. The molecular formula is C23H22F2N4O4S. The molecule has 0 radical (unpaired) electrons. The molecule has 4 rings (SSSR count). The van der Waals surface area contributed by atoms with Crippen molar-refractivity contribution in [3.05, 3.63) is 78.7 Å². The van der Waals surface area contributed by atoms with Crippen LogP contribution in [0.4, 0.5) is 8.78 Å². The van der Waals surface area contributed by atoms with Crippen molar-refractivity contribution in [3.63, 3.8) is 0 Å². The van der Waals surface area contributed by atoms with Crippen molar-refractivity contribution in [1.29, 1.82) is 0 Å². The second-order valence-corrected chi connectivity index (χ2v) is 8.36. The molecular weight excluding hydrogens is 466 g/mol. The highest BCUT2D eigenvalue weighted by Gasteiger charge is 2.33. The van der Waals surface area contributed by atoms with Crippen LogP contribution in [0.15, 0.2) is 57.6 Å². The molecule has 0 aliphatic carbocycles. The van der Waals surface area contributed by atoms with Gasteiger partial charge < -0.3 is 9.47 Å². The topological polar surface area (TPSA) is 87.7 Å². The van der Waals surface area contributed by atoms with E-state index < -0.39 is 18.6 Å². The van der Waals surface area contributed by atoms with Gasteiger partial charge in [0.2, 0.25) is 0 Å². The lowest BCUT2D eigenvalue weighted by Crippen LogP contribution is -2.39. The summed E-state index contributed by atoms with van der Waals surface area (Å²) in [7, 11) is 0. The molecule has 1 atom stereocenters. The summed E-state index contributed by atoms with van der Waals surface area (Å²) in [6.07, 6.45) is 3.49. The molecule has 1 aliphatic heterocycles. The Hall–Kier alpha value is -3.60. The number of hydrogen-bond donors (Lipinski definition) is 0. The minimum absolute atomic E-state index is 0.0314. The second kappa shape index (κ2) is 9.72. The van der Waals surface area contributed by atoms with Gasteiger partial charge in [-0.2, -0.15) is 13.9 Å². The third kappa shape index (κ3) is 4.56. The second-order valence-electron chi connectivity index (χ2n) is 7.35. The Morgan fingerprint density at radius 3 is 2.59 bits per heavy atom. The van der Waals surface area contributed by atoms with Crippen LogP contribution in [0.25, 0.3) is 6.08 Å². The van der Waals surface area contributed by atoms with Gasteiger partial charge in [-0.3, -0.25) is 14.0 Å². The molecule has 11 heteroatoms. The summed E-state index contributed by atoms with van der Waals surface area (Å²) in [5.41, 5.74) is 1.43. The predicted octanol–water partition coefficient (Wildman–Crippen LogP) is 2.62. The third-order valence-corrected chi connectivity index (χ3v) is 6.19. The van der Waals surface area contributed by atoms with E-state index in [-0.39, 0.29) is 23.5 Å². The number of benzene rings is 1. The molecule has 0 N–H and O–H groups in total. The van der Waals surface area contributed by atoms with Crippen LogP contribution in [-0.4, -0.2) is 33.5 Å².